The largest absolute Gasteiger partial charge is 0.497 e. The van der Waals surface area contributed by atoms with Gasteiger partial charge >= 0.3 is 0 Å². The van der Waals surface area contributed by atoms with Crippen molar-refractivity contribution in [1.82, 2.24) is 25.2 Å². The summed E-state index contributed by atoms with van der Waals surface area (Å²) in [6.45, 7) is 15.1. The molecule has 2 aromatic carbocycles. The van der Waals surface area contributed by atoms with Crippen molar-refractivity contribution in [3.05, 3.63) is 78.2 Å². The number of carbonyl (C=O) groups is 4. The second-order valence-electron chi connectivity index (χ2n) is 17.2. The molecular weight excluding hydrogens is 735 g/mol. The summed E-state index contributed by atoms with van der Waals surface area (Å²) in [5.41, 5.74) is -0.567. The third kappa shape index (κ3) is 8.75. The second kappa shape index (κ2) is 15.0. The zero-order chi connectivity index (χ0) is 40.8. The van der Waals surface area contributed by atoms with E-state index in [0.29, 0.717) is 28.1 Å². The number of hydrogen-bond donors (Lipinski definition) is 3. The van der Waals surface area contributed by atoms with Crippen LogP contribution in [0.1, 0.15) is 67.2 Å². The number of methoxy groups -OCH3 is 1. The monoisotopic (exact) mass is 785 g/mol. The quantitative estimate of drug-likeness (QED) is 0.201. The molecule has 2 unspecified atom stereocenters. The van der Waals surface area contributed by atoms with Crippen LogP contribution in [0.3, 0.4) is 0 Å². The Labute approximate surface area is 328 Å². The van der Waals surface area contributed by atoms with E-state index in [1.165, 1.54) is 17.1 Å². The van der Waals surface area contributed by atoms with Crippen LogP contribution in [0, 0.1) is 16.7 Å². The van der Waals surface area contributed by atoms with Gasteiger partial charge in [-0.25, -0.2) is 18.1 Å². The Balaban J connectivity index is 1.35. The fourth-order valence-corrected chi connectivity index (χ4v) is 8.18. The lowest BCUT2D eigenvalue weighted by atomic mass is 9.84. The van der Waals surface area contributed by atoms with E-state index in [1.54, 1.807) is 19.2 Å². The van der Waals surface area contributed by atoms with E-state index in [1.807, 2.05) is 84.0 Å². The maximum Gasteiger partial charge on any atom is 0.260 e. The van der Waals surface area contributed by atoms with Gasteiger partial charge in [-0.3, -0.25) is 19.2 Å². The molecule has 0 spiro atoms. The first-order chi connectivity index (χ1) is 26.2. The van der Waals surface area contributed by atoms with Crippen LogP contribution in [0.15, 0.2) is 78.2 Å². The van der Waals surface area contributed by atoms with Gasteiger partial charge in [-0.05, 0) is 29.4 Å². The van der Waals surface area contributed by atoms with Crippen LogP contribution in [-0.2, 0) is 29.2 Å². The molecule has 56 heavy (non-hydrogen) atoms. The lowest BCUT2D eigenvalue weighted by molar-refractivity contribution is -0.144. The number of sulfonamides is 1. The molecular formula is C42H51N5O8S. The van der Waals surface area contributed by atoms with Crippen molar-refractivity contribution >= 4 is 44.6 Å². The molecule has 2 fully saturated rings. The molecule has 1 saturated heterocycles. The minimum atomic E-state index is -4.04. The Morgan fingerprint density at radius 3 is 2.34 bits per heavy atom. The highest BCUT2D eigenvalue weighted by atomic mass is 32.2. The molecule has 1 saturated carbocycles. The van der Waals surface area contributed by atoms with E-state index in [0.717, 1.165) is 5.56 Å². The molecule has 6 rings (SSSR count). The molecule has 1 aromatic heterocycles. The Hall–Kier alpha value is -5.24. The summed E-state index contributed by atoms with van der Waals surface area (Å²) in [5.74, 6) is -1.78. The molecule has 3 aromatic rings. The first-order valence-electron chi connectivity index (χ1n) is 18.8. The highest BCUT2D eigenvalue weighted by Crippen LogP contribution is 2.46. The molecule has 2 aliphatic carbocycles. The van der Waals surface area contributed by atoms with Crippen molar-refractivity contribution in [2.75, 3.05) is 13.7 Å². The standard InChI is InChI=1S/C42H51N5O8S/c1-9-26-22-42(26,39(51)46-56(52,53)29-16-17-29)45-37(49)33-20-28(24-47(33)38(50)36(41(5,6)7)44-35(48)23-40(2,3)4)55-34-21-31(25-13-11-10-12-14-25)43-32-19-27(54-8)15-18-30(32)34/h9-16,18-19,21,26,28,33,36H,1,17,20,22-24H2,2-8H3,(H,44,48)(H,45,49)(H,46,51)/t26-,28-,33?,36?,42-/m1/s1. The number of benzene rings is 2. The van der Waals surface area contributed by atoms with Crippen molar-refractivity contribution < 1.29 is 37.1 Å². The topological polar surface area (TPSA) is 173 Å². The summed E-state index contributed by atoms with van der Waals surface area (Å²) in [6, 6.07) is 14.7. The third-order valence-corrected chi connectivity index (χ3v) is 11.8. The molecule has 3 aliphatic rings. The smallest absolute Gasteiger partial charge is 0.260 e. The molecule has 3 N–H and O–H groups in total. The SMILES string of the molecule is C=C[C@@H]1C[C@]1(NC(=O)C1C[C@@H](Oc2cc(-c3ccccc3)nc3cc(OC)ccc23)CN1C(=O)C(NC(=O)CC(C)(C)C)C(C)(C)C)C(=O)NS(=O)(=O)C1=CC1. The van der Waals surface area contributed by atoms with Gasteiger partial charge in [-0.1, -0.05) is 84.0 Å². The fraction of sp³-hybridized carbons (Fsp3) is 0.452. The number of aromatic nitrogens is 1. The molecule has 14 heteroatoms. The normalized spacial score (nSPS) is 22.4. The average molecular weight is 786 g/mol. The molecule has 0 radical (unpaired) electrons. The van der Waals surface area contributed by atoms with Crippen LogP contribution < -0.4 is 24.8 Å². The van der Waals surface area contributed by atoms with Crippen LogP contribution in [0.2, 0.25) is 0 Å². The van der Waals surface area contributed by atoms with Crippen molar-refractivity contribution in [3.8, 4) is 22.8 Å². The van der Waals surface area contributed by atoms with Gasteiger partial charge in [0.2, 0.25) is 17.7 Å². The summed E-state index contributed by atoms with van der Waals surface area (Å²) in [5, 5.41) is 6.44. The number of rotatable bonds is 13. The van der Waals surface area contributed by atoms with E-state index < -0.39 is 62.8 Å². The Morgan fingerprint density at radius 2 is 1.75 bits per heavy atom. The van der Waals surface area contributed by atoms with E-state index in [4.69, 9.17) is 14.5 Å². The lowest BCUT2D eigenvalue weighted by Crippen LogP contribution is -2.60. The van der Waals surface area contributed by atoms with Gasteiger partial charge in [0.05, 0.1) is 29.8 Å². The fourth-order valence-electron chi connectivity index (χ4n) is 7.10. The maximum atomic E-state index is 14.7. The summed E-state index contributed by atoms with van der Waals surface area (Å²) in [7, 11) is -2.47. The van der Waals surface area contributed by atoms with Crippen molar-refractivity contribution in [2.24, 2.45) is 16.7 Å². The van der Waals surface area contributed by atoms with Gasteiger partial charge < -0.3 is 25.0 Å². The number of nitrogens with zero attached hydrogens (tertiary/aromatic N) is 2. The second-order valence-corrected chi connectivity index (χ2v) is 18.9. The lowest BCUT2D eigenvalue weighted by Gasteiger charge is -2.36. The highest BCUT2D eigenvalue weighted by Gasteiger charge is 2.61. The van der Waals surface area contributed by atoms with E-state index in [-0.39, 0.29) is 48.5 Å². The van der Waals surface area contributed by atoms with Crippen LogP contribution in [0.4, 0.5) is 0 Å². The molecule has 4 amide bonds. The predicted molar refractivity (Wildman–Crippen MR) is 213 cm³/mol. The number of nitrogens with one attached hydrogen (secondary N) is 3. The Morgan fingerprint density at radius 1 is 1.05 bits per heavy atom. The van der Waals surface area contributed by atoms with E-state index in [9.17, 15) is 27.6 Å². The number of carbonyl (C=O) groups excluding carboxylic acids is 4. The summed E-state index contributed by atoms with van der Waals surface area (Å²) in [6.07, 6.45) is 2.86. The summed E-state index contributed by atoms with van der Waals surface area (Å²) >= 11 is 0. The Bertz CT molecular complexity index is 2210. The number of amides is 4. The van der Waals surface area contributed by atoms with E-state index in [2.05, 4.69) is 21.9 Å². The summed E-state index contributed by atoms with van der Waals surface area (Å²) in [4.78, 5) is 62.4. The van der Waals surface area contributed by atoms with Crippen LogP contribution in [0.25, 0.3) is 22.2 Å². The van der Waals surface area contributed by atoms with Crippen molar-refractivity contribution in [3.63, 3.8) is 0 Å². The van der Waals surface area contributed by atoms with Crippen LogP contribution >= 0.6 is 0 Å². The number of ether oxygens (including phenoxy) is 2. The number of fused-ring (bicyclic) bond motifs is 1. The number of allylic oxidation sites excluding steroid dienone is 2. The van der Waals surface area contributed by atoms with Crippen LogP contribution in [-0.4, -0.2) is 79.3 Å². The molecule has 13 nitrogen and oxygen atoms in total. The highest BCUT2D eigenvalue weighted by molar-refractivity contribution is 7.94. The van der Waals surface area contributed by atoms with Crippen LogP contribution in [0.5, 0.6) is 11.5 Å². The zero-order valence-corrected chi connectivity index (χ0v) is 33.8. The third-order valence-electron chi connectivity index (χ3n) is 10.3. The molecule has 0 bridgehead atoms. The maximum absolute atomic E-state index is 14.7. The Kier molecular flexibility index (Phi) is 10.8. The number of likely N-dealkylation sites (tertiary alicyclic amines) is 1. The van der Waals surface area contributed by atoms with Gasteiger partial charge in [0.25, 0.3) is 15.9 Å². The van der Waals surface area contributed by atoms with Gasteiger partial charge in [0, 0.05) is 48.3 Å². The molecule has 5 atom stereocenters. The minimum Gasteiger partial charge on any atom is -0.497 e. The number of hydrogen-bond acceptors (Lipinski definition) is 9. The average Bonchev–Trinajstić information content (AvgIpc) is 4.06. The first kappa shape index (κ1) is 40.4. The zero-order valence-electron chi connectivity index (χ0n) is 33.0. The van der Waals surface area contributed by atoms with E-state index >= 15 is 0 Å². The molecule has 1 aliphatic heterocycles. The predicted octanol–water partition coefficient (Wildman–Crippen LogP) is 5.02. The van der Waals surface area contributed by atoms with Gasteiger partial charge in [0.1, 0.15) is 35.2 Å². The van der Waals surface area contributed by atoms with Crippen molar-refractivity contribution in [2.45, 2.75) is 91.0 Å². The number of pyridine rings is 1. The van der Waals surface area contributed by atoms with Gasteiger partial charge in [-0.2, -0.15) is 0 Å². The molecule has 298 valence electrons. The first-order valence-corrected chi connectivity index (χ1v) is 20.2. The van der Waals surface area contributed by atoms with Gasteiger partial charge in [0.15, 0.2) is 0 Å². The molecule has 2 heterocycles. The minimum absolute atomic E-state index is 0.0219. The van der Waals surface area contributed by atoms with Crippen molar-refractivity contribution in [1.29, 1.82) is 0 Å². The van der Waals surface area contributed by atoms with Gasteiger partial charge in [-0.15, -0.1) is 6.58 Å². The summed E-state index contributed by atoms with van der Waals surface area (Å²) < 4.78 is 39.7.